The molecule has 0 spiro atoms. The molecule has 2 aromatic heterocycles. The largest absolute Gasteiger partial charge is 0.382 e. The van der Waals surface area contributed by atoms with Crippen LogP contribution < -0.4 is 16.2 Å². The van der Waals surface area contributed by atoms with Gasteiger partial charge in [0, 0.05) is 23.6 Å². The first-order valence-electron chi connectivity index (χ1n) is 11.8. The first kappa shape index (κ1) is 22.7. The molecule has 4 aromatic rings. The number of hydrogen-bond donors (Lipinski definition) is 3. The summed E-state index contributed by atoms with van der Waals surface area (Å²) in [5.74, 6) is 0.427. The summed E-state index contributed by atoms with van der Waals surface area (Å²) in [4.78, 5) is 15.6. The van der Waals surface area contributed by atoms with Crippen LogP contribution in [0.1, 0.15) is 37.7 Å². The first-order valence-corrected chi connectivity index (χ1v) is 11.8. The van der Waals surface area contributed by atoms with Gasteiger partial charge in [-0.15, -0.1) is 0 Å². The predicted molar refractivity (Wildman–Crippen MR) is 135 cm³/mol. The van der Waals surface area contributed by atoms with Crippen molar-refractivity contribution in [2.24, 2.45) is 0 Å². The Morgan fingerprint density at radius 3 is 2.51 bits per heavy atom. The molecule has 0 aliphatic heterocycles. The molecule has 0 saturated heterocycles. The fraction of sp³-hybridized carbons (Fsp3) is 0.296. The maximum Gasteiger partial charge on any atom is 0.261 e. The van der Waals surface area contributed by atoms with Gasteiger partial charge >= 0.3 is 0 Å². The molecule has 0 bridgehead atoms. The molecule has 5 rings (SSSR count). The maximum atomic E-state index is 12.9. The van der Waals surface area contributed by atoms with Gasteiger partial charge in [-0.25, -0.2) is 4.39 Å². The highest BCUT2D eigenvalue weighted by atomic mass is 19.1. The number of nitrogens with one attached hydrogen (secondary N) is 3. The third-order valence-corrected chi connectivity index (χ3v) is 6.89. The summed E-state index contributed by atoms with van der Waals surface area (Å²) < 4.78 is 14.8. The van der Waals surface area contributed by atoms with E-state index in [1.165, 1.54) is 0 Å². The number of fused-ring (bicyclic) bond motifs is 1. The molecule has 3 N–H and O–H groups in total. The highest BCUT2D eigenvalue weighted by Gasteiger charge is 2.39. The molecule has 0 atom stereocenters. The normalized spacial score (nSPS) is 19.8. The molecular formula is C27H27FN6O. The van der Waals surface area contributed by atoms with E-state index < -0.39 is 12.2 Å². The summed E-state index contributed by atoms with van der Waals surface area (Å²) in [7, 11) is 0. The molecule has 7 nitrogen and oxygen atoms in total. The van der Waals surface area contributed by atoms with Crippen molar-refractivity contribution < 1.29 is 4.39 Å². The quantitative estimate of drug-likeness (QED) is 0.326. The molecule has 0 amide bonds. The van der Waals surface area contributed by atoms with E-state index in [1.807, 2.05) is 28.9 Å². The van der Waals surface area contributed by atoms with Crippen molar-refractivity contribution >= 4 is 28.1 Å². The summed E-state index contributed by atoms with van der Waals surface area (Å²) >= 11 is 0. The summed E-state index contributed by atoms with van der Waals surface area (Å²) in [6.07, 6.45) is 5.21. The monoisotopic (exact) mass is 470 g/mol. The second-order valence-corrected chi connectivity index (χ2v) is 9.13. The highest BCUT2D eigenvalue weighted by molar-refractivity contribution is 5.91. The Hall–Kier alpha value is -4.12. The lowest BCUT2D eigenvalue weighted by Crippen LogP contribution is -2.41. The minimum Gasteiger partial charge on any atom is -0.382 e. The van der Waals surface area contributed by atoms with Crippen LogP contribution >= 0.6 is 0 Å². The van der Waals surface area contributed by atoms with Crippen LogP contribution in [0.3, 0.4) is 0 Å². The number of alkyl halides is 1. The number of para-hydroxylation sites is 1. The lowest BCUT2D eigenvalue weighted by molar-refractivity contribution is 0.177. The van der Waals surface area contributed by atoms with E-state index in [9.17, 15) is 14.4 Å². The number of aromatic nitrogens is 3. The van der Waals surface area contributed by atoms with Crippen LogP contribution in [0.5, 0.6) is 0 Å². The van der Waals surface area contributed by atoms with Crippen molar-refractivity contribution in [1.29, 1.82) is 5.26 Å². The molecular weight excluding hydrogens is 443 g/mol. The summed E-state index contributed by atoms with van der Waals surface area (Å²) in [6.45, 7) is -0.533. The minimum absolute atomic E-state index is 0.247. The van der Waals surface area contributed by atoms with Crippen LogP contribution in [0, 0.1) is 11.3 Å². The zero-order valence-corrected chi connectivity index (χ0v) is 19.3. The van der Waals surface area contributed by atoms with Gasteiger partial charge in [-0.2, -0.15) is 10.4 Å². The Labute approximate surface area is 202 Å². The summed E-state index contributed by atoms with van der Waals surface area (Å²) in [6, 6.07) is 21.6. The van der Waals surface area contributed by atoms with Crippen molar-refractivity contribution in [3.05, 3.63) is 82.8 Å². The first-order chi connectivity index (χ1) is 17.1. The fourth-order valence-corrected chi connectivity index (χ4v) is 5.02. The lowest BCUT2D eigenvalue weighted by Gasteiger charge is -2.40. The third kappa shape index (κ3) is 4.50. The van der Waals surface area contributed by atoms with Crippen molar-refractivity contribution in [2.45, 2.75) is 50.4 Å². The molecule has 1 fully saturated rings. The van der Waals surface area contributed by atoms with Crippen LogP contribution in [0.4, 0.5) is 21.6 Å². The minimum atomic E-state index is -0.533. The molecule has 0 unspecified atom stereocenters. The highest BCUT2D eigenvalue weighted by Crippen LogP contribution is 2.41. The van der Waals surface area contributed by atoms with E-state index >= 15 is 0 Å². The zero-order valence-electron chi connectivity index (χ0n) is 19.3. The van der Waals surface area contributed by atoms with E-state index in [0.29, 0.717) is 40.4 Å². The standard InChI is InChI=1S/C27H27FN6O/c28-18-19-6-8-21(9-7-19)32-25-24-23(12-17-30-26(24)35)34(33-25)27(15-16-29)13-10-22(11-14-27)31-20-4-2-1-3-5-20/h1-9,12,17,22,31H,10-11,13-15,18H2,(H,30,35)(H,32,33)/t22-,27+. The number of benzene rings is 2. The van der Waals surface area contributed by atoms with Crippen LogP contribution in [-0.2, 0) is 12.2 Å². The van der Waals surface area contributed by atoms with Crippen LogP contribution in [0.2, 0.25) is 0 Å². The Balaban J connectivity index is 1.48. The SMILES string of the molecule is N#CC[C@]1(n2nc(Nc3ccc(CF)cc3)c3c(=O)[nH]ccc32)CC[C@@H](Nc2ccccc2)CC1. The Kier molecular flexibility index (Phi) is 6.23. The van der Waals surface area contributed by atoms with Crippen molar-refractivity contribution in [1.82, 2.24) is 14.8 Å². The number of aromatic amines is 1. The maximum absolute atomic E-state index is 12.9. The number of nitrogens with zero attached hydrogens (tertiary/aromatic N) is 3. The molecule has 178 valence electrons. The van der Waals surface area contributed by atoms with Gasteiger partial charge in [-0.05, 0) is 61.6 Å². The topological polar surface area (TPSA) is 98.5 Å². The van der Waals surface area contributed by atoms with Gasteiger partial charge in [0.05, 0.1) is 23.5 Å². The van der Waals surface area contributed by atoms with Crippen LogP contribution in [0.15, 0.2) is 71.7 Å². The van der Waals surface area contributed by atoms with Crippen LogP contribution in [0.25, 0.3) is 10.9 Å². The molecule has 35 heavy (non-hydrogen) atoms. The van der Waals surface area contributed by atoms with E-state index in [4.69, 9.17) is 5.10 Å². The van der Waals surface area contributed by atoms with Gasteiger partial charge in [0.15, 0.2) is 5.82 Å². The molecule has 0 radical (unpaired) electrons. The van der Waals surface area contributed by atoms with E-state index in [-0.39, 0.29) is 5.56 Å². The van der Waals surface area contributed by atoms with Crippen molar-refractivity contribution in [2.75, 3.05) is 10.6 Å². The van der Waals surface area contributed by atoms with Crippen LogP contribution in [-0.4, -0.2) is 20.8 Å². The second kappa shape index (κ2) is 9.63. The third-order valence-electron chi connectivity index (χ3n) is 6.89. The van der Waals surface area contributed by atoms with Gasteiger partial charge in [-0.3, -0.25) is 9.48 Å². The van der Waals surface area contributed by atoms with E-state index in [2.05, 4.69) is 33.8 Å². The van der Waals surface area contributed by atoms with Crippen molar-refractivity contribution in [3.63, 3.8) is 0 Å². The number of halogens is 1. The van der Waals surface area contributed by atoms with Gasteiger partial charge in [0.25, 0.3) is 5.56 Å². The predicted octanol–water partition coefficient (Wildman–Crippen LogP) is 5.60. The van der Waals surface area contributed by atoms with E-state index in [1.54, 1.807) is 30.5 Å². The second-order valence-electron chi connectivity index (χ2n) is 9.13. The average Bonchev–Trinajstić information content (AvgIpc) is 3.27. The van der Waals surface area contributed by atoms with E-state index in [0.717, 1.165) is 31.4 Å². The molecule has 1 aliphatic carbocycles. The molecule has 1 saturated carbocycles. The number of hydrogen-bond acceptors (Lipinski definition) is 5. The molecule has 1 aliphatic rings. The Morgan fingerprint density at radius 1 is 1.09 bits per heavy atom. The molecule has 2 aromatic carbocycles. The van der Waals surface area contributed by atoms with Gasteiger partial charge in [0.2, 0.25) is 0 Å². The van der Waals surface area contributed by atoms with Gasteiger partial charge < -0.3 is 15.6 Å². The Bertz CT molecular complexity index is 1400. The van der Waals surface area contributed by atoms with Crippen molar-refractivity contribution in [3.8, 4) is 6.07 Å². The number of nitriles is 1. The number of rotatable bonds is 7. The average molecular weight is 471 g/mol. The Morgan fingerprint density at radius 2 is 1.83 bits per heavy atom. The molecule has 2 heterocycles. The number of anilines is 3. The number of H-pyrrole nitrogens is 1. The molecule has 8 heteroatoms. The zero-order chi connectivity index (χ0) is 24.3. The smallest absolute Gasteiger partial charge is 0.261 e. The fourth-order valence-electron chi connectivity index (χ4n) is 5.02. The van der Waals surface area contributed by atoms with Gasteiger partial charge in [0.1, 0.15) is 12.1 Å². The number of pyridine rings is 1. The summed E-state index contributed by atoms with van der Waals surface area (Å²) in [5.41, 5.74) is 2.32. The lowest BCUT2D eigenvalue weighted by atomic mass is 9.77. The summed E-state index contributed by atoms with van der Waals surface area (Å²) in [5, 5.41) is 21.9. The van der Waals surface area contributed by atoms with Gasteiger partial charge in [-0.1, -0.05) is 30.3 Å².